The highest BCUT2D eigenvalue weighted by atomic mass is 16.6. The second-order valence-electron chi connectivity index (χ2n) is 36.1. The zero-order chi connectivity index (χ0) is 104. The smallest absolute Gasteiger partial charge is 0.344 e. The molecule has 12 aromatic rings. The number of aromatic nitrogens is 9. The Labute approximate surface area is 862 Å². The summed E-state index contributed by atoms with van der Waals surface area (Å²) in [6, 6.07) is 62.6. The van der Waals surface area contributed by atoms with Crippen molar-refractivity contribution in [3.63, 3.8) is 0 Å². The van der Waals surface area contributed by atoms with E-state index in [1.807, 2.05) is 133 Å². The maximum atomic E-state index is 12.0. The van der Waals surface area contributed by atoms with E-state index < -0.39 is 17.9 Å². The lowest BCUT2D eigenvalue weighted by Gasteiger charge is -2.16. The number of esters is 4. The number of rotatable bonds is 59. The van der Waals surface area contributed by atoms with E-state index in [1.165, 1.54) is 83.1 Å². The highest BCUT2D eigenvalue weighted by molar-refractivity contribution is 5.91. The van der Waals surface area contributed by atoms with E-state index in [0.29, 0.717) is 162 Å². The fraction of sp³-hybridized carbons (Fsp3) is 0.432. The number of nitrogens with one attached hydrogen (secondary N) is 3. The number of nitrogens with zero attached hydrogens (tertiary/aromatic N) is 9. The number of hydrogen-bond donors (Lipinski definition) is 5. The Hall–Kier alpha value is -14.3. The van der Waals surface area contributed by atoms with Gasteiger partial charge in [-0.1, -0.05) is 178 Å². The van der Waals surface area contributed by atoms with Gasteiger partial charge in [0.2, 0.25) is 17.8 Å². The minimum absolute atomic E-state index is 0.0665. The third-order valence-corrected chi connectivity index (χ3v) is 25.0. The standard InChI is InChI=1S/C45H63N3O4.C41H53N3O6.C32H34N6O6/c1-7-13-16-33(10-4)30-50-38-23-19-36(20-24-38)43-46-44(37-21-25-39(26-22-37)51-31-34(11-5)17-14-8-2)48-45(47-43)41-28-27-40(29-42(41)49)52-32-35(12-6)18-15-9-3;1-6-11-13-29(8-3)26-48-33-19-15-31(16-20-33)39-42-40(32-17-21-34(22-18-32)49-27-30(9-4)14-12-7-2)44-41(43-39)36-24-23-35(25-37(36)45)50-28-38(46)47-10-5;1-4-42-27(39)20-9-21-7-14-24(15-8-21)33-30-36-31(34-25-16-10-22(11-17-25)28(40)43-5-2)38-32(37-30)35-26-18-12-23(13-19-26)29(41)44-6-3/h19-29,33-35,49H,7-18,30-32H2,1-6H3;15-25,29-30,45H,6-14,26-28H2,1-5H3;7-8,10-19H,4-6,9,20H2,1-3H3,(H3,33,34,35,36,37,38). The molecule has 778 valence electrons. The zero-order valence-electron chi connectivity index (χ0n) is 87.8. The van der Waals surface area contributed by atoms with Gasteiger partial charge in [0.25, 0.3) is 0 Å². The van der Waals surface area contributed by atoms with Gasteiger partial charge < -0.3 is 73.5 Å². The van der Waals surface area contributed by atoms with Crippen molar-refractivity contribution < 1.29 is 76.8 Å². The summed E-state index contributed by atoms with van der Waals surface area (Å²) in [4.78, 5) is 90.1. The number of carbonyl (C=O) groups excluding carboxylic acids is 4. The molecule has 9 aromatic carbocycles. The monoisotopic (exact) mass is 1990 g/mol. The summed E-state index contributed by atoms with van der Waals surface area (Å²) >= 11 is 0. The summed E-state index contributed by atoms with van der Waals surface area (Å²) in [5, 5.41) is 31.8. The first-order valence-electron chi connectivity index (χ1n) is 52.5. The molecule has 3 aromatic heterocycles. The third-order valence-electron chi connectivity index (χ3n) is 25.0. The Kier molecular flexibility index (Phi) is 48.6. The average molecular weight is 1990 g/mol. The van der Waals surface area contributed by atoms with Crippen molar-refractivity contribution in [1.82, 2.24) is 44.9 Å². The van der Waals surface area contributed by atoms with Gasteiger partial charge in [-0.15, -0.1) is 0 Å². The first-order valence-corrected chi connectivity index (χ1v) is 52.5. The number of benzene rings is 9. The molecule has 3 heterocycles. The number of carbonyl (C=O) groups is 4. The lowest BCUT2D eigenvalue weighted by Crippen LogP contribution is -2.14. The highest BCUT2D eigenvalue weighted by Crippen LogP contribution is 2.38. The van der Waals surface area contributed by atoms with E-state index >= 15 is 0 Å². The van der Waals surface area contributed by atoms with Crippen LogP contribution in [0.4, 0.5) is 34.9 Å². The van der Waals surface area contributed by atoms with Crippen LogP contribution in [-0.4, -0.2) is 145 Å². The quantitative estimate of drug-likeness (QED) is 0.0175. The molecule has 0 aliphatic rings. The molecule has 12 rings (SSSR count). The Morgan fingerprint density at radius 3 is 0.815 bits per heavy atom. The van der Waals surface area contributed by atoms with E-state index in [4.69, 9.17) is 77.3 Å². The summed E-state index contributed by atoms with van der Waals surface area (Å²) in [6.45, 7) is 33.6. The van der Waals surface area contributed by atoms with Crippen molar-refractivity contribution in [2.45, 2.75) is 238 Å². The predicted octanol–water partition coefficient (Wildman–Crippen LogP) is 28.0. The van der Waals surface area contributed by atoms with E-state index in [-0.39, 0.29) is 61.7 Å². The van der Waals surface area contributed by atoms with Gasteiger partial charge in [0, 0.05) is 57.9 Å². The van der Waals surface area contributed by atoms with Crippen LogP contribution < -0.4 is 44.4 Å². The van der Waals surface area contributed by atoms with Crippen molar-refractivity contribution in [3.05, 3.63) is 223 Å². The van der Waals surface area contributed by atoms with Crippen LogP contribution in [-0.2, 0) is 35.0 Å². The number of anilines is 6. The van der Waals surface area contributed by atoms with Gasteiger partial charge in [0.05, 0.1) is 81.7 Å². The van der Waals surface area contributed by atoms with Crippen molar-refractivity contribution >= 4 is 58.8 Å². The van der Waals surface area contributed by atoms with Crippen molar-refractivity contribution in [3.8, 4) is 114 Å². The van der Waals surface area contributed by atoms with Crippen LogP contribution >= 0.6 is 0 Å². The molecule has 28 heteroatoms. The molecule has 0 aliphatic carbocycles. The summed E-state index contributed by atoms with van der Waals surface area (Å²) in [5.74, 6) is 8.68. The second kappa shape index (κ2) is 62.4. The SMILES string of the molecule is CCCCC(CC)COc1ccc(-c2nc(-c3ccc(OCC(CC)CCCC)cc3)nc(-c3ccc(OCC(=O)OCC)cc3O)n2)cc1.CCCCC(CC)COc1ccc(-c2nc(-c3ccc(OCC(CC)CCCC)cc3)nc(-c3ccc(OCC(CC)CCCC)cc3O)n2)cc1.CCOC(=O)CCc1ccc(Nc2nc(Nc3ccc(C(=O)OCC)cc3)nc(Nc3ccc(C(=O)OCC)cc3)n2)cc1. The maximum Gasteiger partial charge on any atom is 0.344 e. The molecule has 5 N–H and O–H groups in total. The van der Waals surface area contributed by atoms with Gasteiger partial charge in [0.1, 0.15) is 46.0 Å². The van der Waals surface area contributed by atoms with Gasteiger partial charge >= 0.3 is 23.9 Å². The van der Waals surface area contributed by atoms with Crippen LogP contribution in [0.1, 0.15) is 258 Å². The molecule has 0 saturated heterocycles. The molecular formula is C118H150N12O16. The molecule has 146 heavy (non-hydrogen) atoms. The number of phenols is 2. The largest absolute Gasteiger partial charge is 0.507 e. The van der Waals surface area contributed by atoms with Crippen LogP contribution in [0.25, 0.3) is 68.3 Å². The van der Waals surface area contributed by atoms with Gasteiger partial charge in [-0.25, -0.2) is 44.3 Å². The van der Waals surface area contributed by atoms with E-state index in [2.05, 4.69) is 100 Å². The Balaban J connectivity index is 0.000000225. The molecule has 0 fully saturated rings. The van der Waals surface area contributed by atoms with Crippen LogP contribution in [0, 0.1) is 29.6 Å². The number of hydrogen-bond acceptors (Lipinski definition) is 28. The Bertz CT molecular complexity index is 5660. The number of aryl methyl sites for hydroxylation is 1. The van der Waals surface area contributed by atoms with Gasteiger partial charge in [-0.2, -0.15) is 15.0 Å². The summed E-state index contributed by atoms with van der Waals surface area (Å²) in [7, 11) is 0. The van der Waals surface area contributed by atoms with Crippen LogP contribution in [0.3, 0.4) is 0 Å². The molecule has 5 atom stereocenters. The van der Waals surface area contributed by atoms with Crippen LogP contribution in [0.2, 0.25) is 0 Å². The molecular weight excluding hydrogens is 1840 g/mol. The summed E-state index contributed by atoms with van der Waals surface area (Å²) in [5.41, 5.74) is 8.01. The maximum absolute atomic E-state index is 12.0. The molecule has 0 saturated carbocycles. The molecule has 0 aliphatic heterocycles. The zero-order valence-corrected chi connectivity index (χ0v) is 87.8. The first kappa shape index (κ1) is 114. The van der Waals surface area contributed by atoms with Gasteiger partial charge in [0.15, 0.2) is 41.6 Å². The summed E-state index contributed by atoms with van der Waals surface area (Å²) < 4.78 is 56.3. The van der Waals surface area contributed by atoms with Crippen LogP contribution in [0.5, 0.6) is 46.0 Å². The molecule has 0 radical (unpaired) electrons. The Morgan fingerprint density at radius 2 is 0.541 bits per heavy atom. The fourth-order valence-electron chi connectivity index (χ4n) is 15.8. The predicted molar refractivity (Wildman–Crippen MR) is 578 cm³/mol. The molecule has 0 spiro atoms. The third kappa shape index (κ3) is 37.7. The van der Waals surface area contributed by atoms with Crippen LogP contribution in [0.15, 0.2) is 206 Å². The number of ether oxygens (including phenoxy) is 10. The van der Waals surface area contributed by atoms with E-state index in [0.717, 1.165) is 108 Å². The minimum Gasteiger partial charge on any atom is -0.507 e. The Morgan fingerprint density at radius 1 is 0.281 bits per heavy atom. The highest BCUT2D eigenvalue weighted by Gasteiger charge is 2.23. The first-order chi connectivity index (χ1) is 71.1. The van der Waals surface area contributed by atoms with Crippen molar-refractivity contribution in [2.75, 3.05) is 82.0 Å². The summed E-state index contributed by atoms with van der Waals surface area (Å²) in [6.07, 6.45) is 24.2. The lowest BCUT2D eigenvalue weighted by molar-refractivity contribution is -0.145. The number of phenolic OH excluding ortho intramolecular Hbond substituents is 2. The average Bonchev–Trinajstić information content (AvgIpc) is 0.792. The number of unbranched alkanes of at least 4 members (excludes halogenated alkanes) is 5. The minimum atomic E-state index is -0.487. The lowest BCUT2D eigenvalue weighted by atomic mass is 10.0. The van der Waals surface area contributed by atoms with Crippen molar-refractivity contribution in [1.29, 1.82) is 0 Å². The molecule has 28 nitrogen and oxygen atoms in total. The van der Waals surface area contributed by atoms with Gasteiger partial charge in [-0.05, 0) is 283 Å². The second-order valence-corrected chi connectivity index (χ2v) is 36.1. The van der Waals surface area contributed by atoms with Gasteiger partial charge in [-0.3, -0.25) is 4.79 Å². The van der Waals surface area contributed by atoms with E-state index in [1.54, 1.807) is 94.4 Å². The molecule has 0 amide bonds. The molecule has 0 bridgehead atoms. The van der Waals surface area contributed by atoms with E-state index in [9.17, 15) is 29.4 Å². The van der Waals surface area contributed by atoms with Crippen molar-refractivity contribution in [2.24, 2.45) is 29.6 Å². The number of aromatic hydroxyl groups is 2. The molecule has 5 unspecified atom stereocenters. The normalized spacial score (nSPS) is 12.0. The topological polar surface area (TPSA) is 353 Å². The fourth-order valence-corrected chi connectivity index (χ4v) is 15.8.